The Morgan fingerprint density at radius 2 is 1.65 bits per heavy atom. The molecule has 0 bridgehead atoms. The molecule has 17 heavy (non-hydrogen) atoms. The minimum absolute atomic E-state index is 0.164. The maximum absolute atomic E-state index is 12.4. The summed E-state index contributed by atoms with van der Waals surface area (Å²) in [5, 5.41) is 0. The number of benzene rings is 1. The standard InChI is InChI=1S/C15H21NO/c1-15(2,3)14(17)13(11-16(4)5)12-9-7-6-8-10-12/h6-11H,1-5H3/b13-11+. The van der Waals surface area contributed by atoms with E-state index in [2.05, 4.69) is 0 Å². The molecule has 92 valence electrons. The average Bonchev–Trinajstić information content (AvgIpc) is 2.24. The van der Waals surface area contributed by atoms with Crippen LogP contribution in [0.3, 0.4) is 0 Å². The Hall–Kier alpha value is -1.57. The van der Waals surface area contributed by atoms with Gasteiger partial charge >= 0.3 is 0 Å². The molecule has 0 aliphatic rings. The second kappa shape index (κ2) is 5.17. The summed E-state index contributed by atoms with van der Waals surface area (Å²) >= 11 is 0. The van der Waals surface area contributed by atoms with Crippen LogP contribution < -0.4 is 0 Å². The molecule has 0 unspecified atom stereocenters. The third-order valence-electron chi connectivity index (χ3n) is 2.40. The van der Waals surface area contributed by atoms with Crippen LogP contribution >= 0.6 is 0 Å². The van der Waals surface area contributed by atoms with Crippen molar-refractivity contribution >= 4 is 11.4 Å². The lowest BCUT2D eigenvalue weighted by Crippen LogP contribution is -2.22. The molecule has 0 radical (unpaired) electrons. The molecule has 0 aliphatic heterocycles. The van der Waals surface area contributed by atoms with E-state index in [4.69, 9.17) is 0 Å². The lowest BCUT2D eigenvalue weighted by atomic mass is 9.84. The molecule has 0 aliphatic carbocycles. The summed E-state index contributed by atoms with van der Waals surface area (Å²) in [5.41, 5.74) is 1.38. The second-order valence-corrected chi connectivity index (χ2v) is 5.45. The van der Waals surface area contributed by atoms with Crippen molar-refractivity contribution in [3.63, 3.8) is 0 Å². The van der Waals surface area contributed by atoms with Crippen molar-refractivity contribution in [1.29, 1.82) is 0 Å². The molecule has 0 atom stereocenters. The number of carbonyl (C=O) groups excluding carboxylic acids is 1. The van der Waals surface area contributed by atoms with Gasteiger partial charge in [0.05, 0.1) is 0 Å². The SMILES string of the molecule is CN(C)/C=C(/C(=O)C(C)(C)C)c1ccccc1. The lowest BCUT2D eigenvalue weighted by molar-refractivity contribution is -0.120. The van der Waals surface area contributed by atoms with Gasteiger partial charge in [0.1, 0.15) is 0 Å². The van der Waals surface area contributed by atoms with Crippen molar-refractivity contribution in [3.05, 3.63) is 42.1 Å². The van der Waals surface area contributed by atoms with Crippen LogP contribution in [0.25, 0.3) is 5.57 Å². The number of allylic oxidation sites excluding steroid dienone is 1. The van der Waals surface area contributed by atoms with Gasteiger partial charge < -0.3 is 4.90 Å². The van der Waals surface area contributed by atoms with Gasteiger partial charge in [0, 0.05) is 31.3 Å². The van der Waals surface area contributed by atoms with Gasteiger partial charge in [-0.15, -0.1) is 0 Å². The van der Waals surface area contributed by atoms with Crippen LogP contribution in [-0.4, -0.2) is 24.8 Å². The van der Waals surface area contributed by atoms with Gasteiger partial charge in [0.15, 0.2) is 5.78 Å². The van der Waals surface area contributed by atoms with Crippen LogP contribution in [0, 0.1) is 5.41 Å². The number of hydrogen-bond acceptors (Lipinski definition) is 2. The van der Waals surface area contributed by atoms with Gasteiger partial charge in [-0.3, -0.25) is 4.79 Å². The first-order chi connectivity index (χ1) is 7.82. The van der Waals surface area contributed by atoms with Crippen LogP contribution in [-0.2, 0) is 4.79 Å². The highest BCUT2D eigenvalue weighted by molar-refractivity contribution is 6.22. The number of rotatable bonds is 3. The summed E-state index contributed by atoms with van der Waals surface area (Å²) < 4.78 is 0. The number of ketones is 1. The summed E-state index contributed by atoms with van der Waals surface area (Å²) in [6, 6.07) is 9.81. The fraction of sp³-hybridized carbons (Fsp3) is 0.400. The summed E-state index contributed by atoms with van der Waals surface area (Å²) in [6.45, 7) is 5.84. The molecule has 0 heterocycles. The summed E-state index contributed by atoms with van der Waals surface area (Å²) in [5.74, 6) is 0.164. The first-order valence-corrected chi connectivity index (χ1v) is 5.81. The molecule has 0 aromatic heterocycles. The minimum atomic E-state index is -0.363. The molecular weight excluding hydrogens is 210 g/mol. The van der Waals surface area contributed by atoms with Gasteiger partial charge in [-0.2, -0.15) is 0 Å². The summed E-state index contributed by atoms with van der Waals surface area (Å²) in [4.78, 5) is 14.3. The highest BCUT2D eigenvalue weighted by atomic mass is 16.1. The topological polar surface area (TPSA) is 20.3 Å². The molecule has 0 N–H and O–H groups in total. The van der Waals surface area contributed by atoms with Gasteiger partial charge in [-0.05, 0) is 5.56 Å². The van der Waals surface area contributed by atoms with E-state index in [0.29, 0.717) is 0 Å². The third-order valence-corrected chi connectivity index (χ3v) is 2.40. The van der Waals surface area contributed by atoms with Gasteiger partial charge in [-0.1, -0.05) is 51.1 Å². The van der Waals surface area contributed by atoms with Crippen molar-refractivity contribution in [3.8, 4) is 0 Å². The van der Waals surface area contributed by atoms with Crippen LogP contribution in [0.1, 0.15) is 26.3 Å². The minimum Gasteiger partial charge on any atom is -0.383 e. The smallest absolute Gasteiger partial charge is 0.170 e. The van der Waals surface area contributed by atoms with E-state index in [1.54, 1.807) is 0 Å². The normalized spacial score (nSPS) is 12.4. The highest BCUT2D eigenvalue weighted by Gasteiger charge is 2.25. The summed E-state index contributed by atoms with van der Waals surface area (Å²) in [6.07, 6.45) is 1.89. The van der Waals surface area contributed by atoms with E-state index in [9.17, 15) is 4.79 Å². The number of nitrogens with zero attached hydrogens (tertiary/aromatic N) is 1. The van der Waals surface area contributed by atoms with Crippen molar-refractivity contribution in [2.45, 2.75) is 20.8 Å². The Morgan fingerprint density at radius 3 is 2.06 bits per heavy atom. The monoisotopic (exact) mass is 231 g/mol. The maximum atomic E-state index is 12.4. The van der Waals surface area contributed by atoms with E-state index in [0.717, 1.165) is 11.1 Å². The predicted octanol–water partition coefficient (Wildman–Crippen LogP) is 3.20. The second-order valence-electron chi connectivity index (χ2n) is 5.45. The van der Waals surface area contributed by atoms with Gasteiger partial charge in [-0.25, -0.2) is 0 Å². The van der Waals surface area contributed by atoms with Crippen molar-refractivity contribution in [1.82, 2.24) is 4.90 Å². The molecule has 0 saturated heterocycles. The maximum Gasteiger partial charge on any atom is 0.170 e. The van der Waals surface area contributed by atoms with Crippen LogP contribution in [0.5, 0.6) is 0 Å². The Balaban J connectivity index is 3.20. The molecule has 1 aromatic carbocycles. The van der Waals surface area contributed by atoms with Crippen molar-refractivity contribution < 1.29 is 4.79 Å². The van der Waals surface area contributed by atoms with E-state index in [1.807, 2.05) is 76.3 Å². The lowest BCUT2D eigenvalue weighted by Gasteiger charge is -2.20. The average molecular weight is 231 g/mol. The first-order valence-electron chi connectivity index (χ1n) is 5.81. The zero-order chi connectivity index (χ0) is 13.1. The Morgan fingerprint density at radius 1 is 1.12 bits per heavy atom. The molecule has 1 aromatic rings. The number of carbonyl (C=O) groups is 1. The fourth-order valence-electron chi connectivity index (χ4n) is 1.54. The number of hydrogen-bond donors (Lipinski definition) is 0. The highest BCUT2D eigenvalue weighted by Crippen LogP contribution is 2.26. The van der Waals surface area contributed by atoms with Gasteiger partial charge in [0.25, 0.3) is 0 Å². The molecule has 2 nitrogen and oxygen atoms in total. The predicted molar refractivity (Wildman–Crippen MR) is 72.6 cm³/mol. The summed E-state index contributed by atoms with van der Waals surface area (Å²) in [7, 11) is 3.86. The molecule has 0 spiro atoms. The zero-order valence-electron chi connectivity index (χ0n) is 11.3. The van der Waals surface area contributed by atoms with E-state index < -0.39 is 0 Å². The quantitative estimate of drug-likeness (QED) is 0.744. The van der Waals surface area contributed by atoms with Crippen LogP contribution in [0.15, 0.2) is 36.5 Å². The third kappa shape index (κ3) is 3.74. The van der Waals surface area contributed by atoms with Gasteiger partial charge in [0.2, 0.25) is 0 Å². The van der Waals surface area contributed by atoms with Crippen molar-refractivity contribution in [2.24, 2.45) is 5.41 Å². The van der Waals surface area contributed by atoms with Crippen LogP contribution in [0.2, 0.25) is 0 Å². The van der Waals surface area contributed by atoms with Crippen LogP contribution in [0.4, 0.5) is 0 Å². The van der Waals surface area contributed by atoms with E-state index >= 15 is 0 Å². The first kappa shape index (κ1) is 13.5. The molecule has 0 amide bonds. The van der Waals surface area contributed by atoms with E-state index in [-0.39, 0.29) is 11.2 Å². The molecule has 0 saturated carbocycles. The Bertz CT molecular complexity index is 410. The van der Waals surface area contributed by atoms with E-state index in [1.165, 1.54) is 0 Å². The van der Waals surface area contributed by atoms with Crippen molar-refractivity contribution in [2.75, 3.05) is 14.1 Å². The Kier molecular flexibility index (Phi) is 4.11. The Labute approximate surface area is 104 Å². The molecule has 2 heteroatoms. The molecular formula is C15H21NO. The molecule has 1 rings (SSSR count). The number of Topliss-reactive ketones (excluding diaryl/α,β-unsaturated/α-hetero) is 1. The molecule has 0 fully saturated rings. The fourth-order valence-corrected chi connectivity index (χ4v) is 1.54. The zero-order valence-corrected chi connectivity index (χ0v) is 11.3. The largest absolute Gasteiger partial charge is 0.383 e.